The maximum absolute atomic E-state index is 12.1. The number of fused-ring (bicyclic) bond motifs is 2. The Morgan fingerprint density at radius 3 is 2.65 bits per heavy atom. The van der Waals surface area contributed by atoms with Crippen molar-refractivity contribution in [3.8, 4) is 11.5 Å². The summed E-state index contributed by atoms with van der Waals surface area (Å²) in [5.74, 6) is 1.48. The maximum atomic E-state index is 12.1. The number of carbonyl (C=O) groups excluding carboxylic acids is 2. The van der Waals surface area contributed by atoms with Crippen LogP contribution in [0.25, 0.3) is 16.5 Å². The fourth-order valence-electron chi connectivity index (χ4n) is 4.03. The number of likely N-dealkylation sites (tertiary alicyclic amines) is 1. The first-order valence-electron chi connectivity index (χ1n) is 10.9. The minimum absolute atomic E-state index is 0.194. The summed E-state index contributed by atoms with van der Waals surface area (Å²) in [6, 6.07) is 7.06. The van der Waals surface area contributed by atoms with Crippen LogP contribution in [0.4, 0.5) is 0 Å². The van der Waals surface area contributed by atoms with Crippen molar-refractivity contribution < 1.29 is 23.5 Å². The van der Waals surface area contributed by atoms with Gasteiger partial charge in [-0.3, -0.25) is 9.59 Å². The molecule has 34 heavy (non-hydrogen) atoms. The lowest BCUT2D eigenvalue weighted by atomic mass is 10.1. The second kappa shape index (κ2) is 9.66. The van der Waals surface area contributed by atoms with Crippen LogP contribution in [-0.4, -0.2) is 67.1 Å². The van der Waals surface area contributed by atoms with Crippen molar-refractivity contribution in [3.05, 3.63) is 59.1 Å². The Morgan fingerprint density at radius 2 is 2.03 bits per heavy atom. The molecule has 3 aromatic heterocycles. The molecule has 4 heterocycles. The van der Waals surface area contributed by atoms with Gasteiger partial charge in [-0.15, -0.1) is 0 Å². The fourth-order valence-corrected chi connectivity index (χ4v) is 4.03. The van der Waals surface area contributed by atoms with Gasteiger partial charge in [0.25, 0.3) is 5.91 Å². The zero-order chi connectivity index (χ0) is 24.4. The molecule has 0 atom stereocenters. The number of likely N-dealkylation sites (N-methyl/N-ethyl adjacent to an activating group) is 1. The van der Waals surface area contributed by atoms with Crippen LogP contribution in [0.2, 0.25) is 0 Å². The largest absolute Gasteiger partial charge is 0.460 e. The molecule has 0 saturated carbocycles. The molecular formula is C25H28N4O5. The van der Waals surface area contributed by atoms with Crippen molar-refractivity contribution in [2.24, 2.45) is 0 Å². The Labute approximate surface area is 197 Å². The van der Waals surface area contributed by atoms with Gasteiger partial charge in [-0.1, -0.05) is 0 Å². The number of rotatable bonds is 5. The number of carbonyl (C=O) groups is 2. The Hall–Kier alpha value is -3.69. The Morgan fingerprint density at radius 1 is 1.26 bits per heavy atom. The lowest BCUT2D eigenvalue weighted by Gasteiger charge is -2.34. The van der Waals surface area contributed by atoms with Gasteiger partial charge in [0.15, 0.2) is 12.0 Å². The highest BCUT2D eigenvalue weighted by Crippen LogP contribution is 2.33. The van der Waals surface area contributed by atoms with Gasteiger partial charge < -0.3 is 24.1 Å². The number of aldehydes is 1. The molecular weight excluding hydrogens is 436 g/mol. The molecule has 1 aliphatic rings. The molecule has 1 N–H and O–H groups in total. The van der Waals surface area contributed by atoms with Crippen LogP contribution in [0, 0.1) is 13.8 Å². The molecule has 1 saturated heterocycles. The summed E-state index contributed by atoms with van der Waals surface area (Å²) >= 11 is 0. The Kier molecular flexibility index (Phi) is 6.67. The van der Waals surface area contributed by atoms with Crippen LogP contribution in [0.5, 0.6) is 11.5 Å². The van der Waals surface area contributed by atoms with E-state index in [1.165, 1.54) is 0 Å². The van der Waals surface area contributed by atoms with Crippen LogP contribution < -0.4 is 10.1 Å². The summed E-state index contributed by atoms with van der Waals surface area (Å²) in [4.78, 5) is 25.5. The lowest BCUT2D eigenvalue weighted by molar-refractivity contribution is -0.0155. The molecule has 1 fully saturated rings. The molecule has 0 aliphatic carbocycles. The lowest BCUT2D eigenvalue weighted by Crippen LogP contribution is -2.48. The zero-order valence-electron chi connectivity index (χ0n) is 19.9. The van der Waals surface area contributed by atoms with Crippen molar-refractivity contribution in [1.29, 1.82) is 0 Å². The highest BCUT2D eigenvalue weighted by Gasteiger charge is 2.21. The molecule has 0 spiro atoms. The summed E-state index contributed by atoms with van der Waals surface area (Å²) in [5, 5.41) is 7.57. The van der Waals surface area contributed by atoms with Gasteiger partial charge in [-0.2, -0.15) is 5.10 Å². The first kappa shape index (κ1) is 23.5. The number of hydrogen-bond acceptors (Lipinski definition) is 7. The standard InChI is InChI=1S/C20H17N3O4.C5H11NO/c1-11-13(10-24)9-23-19(11)16(6-7-22-23)27-14-4-5-15-17(8-14)26-12(2)18(15)20(25)21-3;1-6-3-5(4-6)7-2/h4-10H,1-3H3,(H,21,25);5H,3-4H2,1-2H3. The summed E-state index contributed by atoms with van der Waals surface area (Å²) in [7, 11) is 5.44. The second-order valence-electron chi connectivity index (χ2n) is 8.27. The minimum Gasteiger partial charge on any atom is -0.460 e. The first-order valence-corrected chi connectivity index (χ1v) is 10.9. The highest BCUT2D eigenvalue weighted by atomic mass is 16.5. The number of benzene rings is 1. The van der Waals surface area contributed by atoms with E-state index < -0.39 is 0 Å². The van der Waals surface area contributed by atoms with Gasteiger partial charge in [0, 0.05) is 56.5 Å². The molecule has 178 valence electrons. The Bertz CT molecular complexity index is 1350. The smallest absolute Gasteiger partial charge is 0.255 e. The van der Waals surface area contributed by atoms with Crippen molar-refractivity contribution >= 4 is 28.7 Å². The number of methoxy groups -OCH3 is 1. The molecule has 0 unspecified atom stereocenters. The predicted molar refractivity (Wildman–Crippen MR) is 128 cm³/mol. The van der Waals surface area contributed by atoms with Crippen LogP contribution >= 0.6 is 0 Å². The number of aryl methyl sites for hydroxylation is 2. The van der Waals surface area contributed by atoms with E-state index in [2.05, 4.69) is 22.4 Å². The van der Waals surface area contributed by atoms with Gasteiger partial charge in [0.05, 0.1) is 17.9 Å². The minimum atomic E-state index is -0.194. The third-order valence-corrected chi connectivity index (χ3v) is 5.94. The summed E-state index contributed by atoms with van der Waals surface area (Å²) < 4.78 is 18.4. The first-order chi connectivity index (χ1) is 16.4. The van der Waals surface area contributed by atoms with E-state index in [4.69, 9.17) is 13.9 Å². The second-order valence-corrected chi connectivity index (χ2v) is 8.27. The number of ether oxygens (including phenoxy) is 2. The number of nitrogens with zero attached hydrogens (tertiary/aromatic N) is 3. The van der Waals surface area contributed by atoms with Gasteiger partial charge in [0.2, 0.25) is 0 Å². The molecule has 0 radical (unpaired) electrons. The monoisotopic (exact) mass is 464 g/mol. The van der Waals surface area contributed by atoms with Crippen molar-refractivity contribution in [2.75, 3.05) is 34.3 Å². The predicted octanol–water partition coefficient (Wildman–Crippen LogP) is 3.61. The molecule has 9 nitrogen and oxygen atoms in total. The maximum Gasteiger partial charge on any atom is 0.255 e. The van der Waals surface area contributed by atoms with Crippen molar-refractivity contribution in [1.82, 2.24) is 19.8 Å². The van der Waals surface area contributed by atoms with Gasteiger partial charge in [-0.05, 0) is 38.6 Å². The third-order valence-electron chi connectivity index (χ3n) is 5.94. The molecule has 1 amide bonds. The summed E-state index contributed by atoms with van der Waals surface area (Å²) in [6.45, 7) is 5.82. The topological polar surface area (TPSA) is 98.3 Å². The molecule has 4 aromatic rings. The van der Waals surface area contributed by atoms with E-state index in [1.807, 2.05) is 6.92 Å². The van der Waals surface area contributed by atoms with Gasteiger partial charge in [-0.25, -0.2) is 4.52 Å². The summed E-state index contributed by atoms with van der Waals surface area (Å²) in [5.41, 5.74) is 3.16. The average molecular weight is 465 g/mol. The number of furan rings is 1. The Balaban J connectivity index is 0.000000336. The quantitative estimate of drug-likeness (QED) is 0.451. The van der Waals surface area contributed by atoms with Crippen LogP contribution in [0.15, 0.2) is 41.1 Å². The number of nitrogens with one attached hydrogen (secondary N) is 1. The molecule has 1 aromatic carbocycles. The SMILES string of the molecule is CNC(=O)c1c(C)oc2cc(Oc3ccnn4cc(C=O)c(C)c34)ccc12.COC1CN(C)C1. The number of hydrogen-bond donors (Lipinski definition) is 1. The number of aromatic nitrogens is 2. The molecule has 9 heteroatoms. The van der Waals surface area contributed by atoms with E-state index in [0.717, 1.165) is 35.8 Å². The van der Waals surface area contributed by atoms with E-state index in [0.29, 0.717) is 40.1 Å². The fraction of sp³-hybridized carbons (Fsp3) is 0.320. The van der Waals surface area contributed by atoms with E-state index in [9.17, 15) is 9.59 Å². The van der Waals surface area contributed by atoms with E-state index in [-0.39, 0.29) is 5.91 Å². The zero-order valence-corrected chi connectivity index (χ0v) is 19.9. The molecule has 5 rings (SSSR count). The van der Waals surface area contributed by atoms with Crippen LogP contribution in [0.1, 0.15) is 32.0 Å². The van der Waals surface area contributed by atoms with Gasteiger partial charge in [0.1, 0.15) is 22.6 Å². The van der Waals surface area contributed by atoms with E-state index in [1.54, 1.807) is 62.3 Å². The third kappa shape index (κ3) is 4.40. The van der Waals surface area contributed by atoms with Crippen molar-refractivity contribution in [3.63, 3.8) is 0 Å². The number of amides is 1. The summed E-state index contributed by atoms with van der Waals surface area (Å²) in [6.07, 6.45) is 4.59. The highest BCUT2D eigenvalue weighted by molar-refractivity contribution is 6.07. The van der Waals surface area contributed by atoms with Crippen LogP contribution in [0.3, 0.4) is 0 Å². The average Bonchev–Trinajstić information content (AvgIpc) is 3.32. The molecule has 1 aliphatic heterocycles. The van der Waals surface area contributed by atoms with Crippen LogP contribution in [-0.2, 0) is 4.74 Å². The van der Waals surface area contributed by atoms with Crippen molar-refractivity contribution in [2.45, 2.75) is 20.0 Å². The van der Waals surface area contributed by atoms with Gasteiger partial charge >= 0.3 is 0 Å². The molecule has 0 bridgehead atoms. The normalized spacial score (nSPS) is 13.9. The van der Waals surface area contributed by atoms with E-state index >= 15 is 0 Å².